The van der Waals surface area contributed by atoms with Gasteiger partial charge in [-0.2, -0.15) is 0 Å². The summed E-state index contributed by atoms with van der Waals surface area (Å²) in [6.45, 7) is 1.82. The van der Waals surface area contributed by atoms with Gasteiger partial charge in [0, 0.05) is 22.5 Å². The molecule has 0 aliphatic heterocycles. The molecule has 1 aromatic carbocycles. The zero-order valence-electron chi connectivity index (χ0n) is 10.9. The first-order chi connectivity index (χ1) is 9.63. The number of hydrogen-bond acceptors (Lipinski definition) is 3. The fourth-order valence-corrected chi connectivity index (χ4v) is 3.61. The first-order valence-corrected chi connectivity index (χ1v) is 7.66. The molecule has 0 saturated heterocycles. The summed E-state index contributed by atoms with van der Waals surface area (Å²) in [6.07, 6.45) is 0.873. The molecule has 0 amide bonds. The van der Waals surface area contributed by atoms with Gasteiger partial charge < -0.3 is 4.98 Å². The molecule has 0 saturated carbocycles. The molecule has 1 N–H and O–H groups in total. The lowest BCUT2D eigenvalue weighted by Gasteiger charge is -2.03. The smallest absolute Gasteiger partial charge is 0.251 e. The van der Waals surface area contributed by atoms with E-state index in [2.05, 4.69) is 16.0 Å². The topological polar surface area (TPSA) is 45.8 Å². The molecule has 1 aliphatic carbocycles. The molecular weight excluding hydrogens is 292 g/mol. The Kier molecular flexibility index (Phi) is 3.68. The number of aromatic amines is 1. The van der Waals surface area contributed by atoms with Crippen molar-refractivity contribution in [3.05, 3.63) is 63.1 Å². The Bertz CT molecular complexity index is 752. The zero-order valence-corrected chi connectivity index (χ0v) is 12.5. The molecule has 1 aliphatic rings. The van der Waals surface area contributed by atoms with Gasteiger partial charge in [-0.05, 0) is 30.0 Å². The van der Waals surface area contributed by atoms with Gasteiger partial charge in [0.2, 0.25) is 0 Å². The van der Waals surface area contributed by atoms with E-state index in [-0.39, 0.29) is 5.56 Å². The third-order valence-electron chi connectivity index (χ3n) is 3.20. The molecule has 0 radical (unpaired) electrons. The van der Waals surface area contributed by atoms with Crippen molar-refractivity contribution in [2.45, 2.75) is 18.5 Å². The SMILES string of the molecule is Cc1cc(=O)[nH]c(SCC2=C(Cl)c3ccccc3C2)n1. The molecule has 102 valence electrons. The predicted molar refractivity (Wildman–Crippen MR) is 83.2 cm³/mol. The van der Waals surface area contributed by atoms with Crippen LogP contribution in [0.1, 0.15) is 16.8 Å². The molecule has 2 aromatic rings. The molecule has 0 bridgehead atoms. The third-order valence-corrected chi connectivity index (χ3v) is 4.63. The van der Waals surface area contributed by atoms with E-state index in [9.17, 15) is 4.79 Å². The van der Waals surface area contributed by atoms with E-state index in [1.54, 1.807) is 0 Å². The summed E-state index contributed by atoms with van der Waals surface area (Å²) in [5.74, 6) is 0.736. The second-order valence-electron chi connectivity index (χ2n) is 4.73. The van der Waals surface area contributed by atoms with E-state index in [0.29, 0.717) is 5.16 Å². The monoisotopic (exact) mass is 304 g/mol. The quantitative estimate of drug-likeness (QED) is 0.698. The van der Waals surface area contributed by atoms with Crippen LogP contribution in [-0.4, -0.2) is 15.7 Å². The minimum absolute atomic E-state index is 0.116. The van der Waals surface area contributed by atoms with Gasteiger partial charge in [0.1, 0.15) is 0 Å². The minimum atomic E-state index is -0.116. The van der Waals surface area contributed by atoms with Crippen LogP contribution in [0.5, 0.6) is 0 Å². The van der Waals surface area contributed by atoms with Gasteiger partial charge in [-0.1, -0.05) is 47.6 Å². The number of fused-ring (bicyclic) bond motifs is 1. The lowest BCUT2D eigenvalue weighted by Crippen LogP contribution is -2.08. The van der Waals surface area contributed by atoms with Crippen molar-refractivity contribution in [3.8, 4) is 0 Å². The van der Waals surface area contributed by atoms with Crippen LogP contribution in [-0.2, 0) is 6.42 Å². The van der Waals surface area contributed by atoms with Crippen LogP contribution in [0.3, 0.4) is 0 Å². The minimum Gasteiger partial charge on any atom is -0.301 e. The van der Waals surface area contributed by atoms with Crippen molar-refractivity contribution in [1.82, 2.24) is 9.97 Å². The Morgan fingerprint density at radius 1 is 1.40 bits per heavy atom. The zero-order chi connectivity index (χ0) is 14.1. The van der Waals surface area contributed by atoms with Crippen LogP contribution < -0.4 is 5.56 Å². The van der Waals surface area contributed by atoms with Crippen LogP contribution in [0, 0.1) is 6.92 Å². The molecule has 0 fully saturated rings. The fourth-order valence-electron chi connectivity index (χ4n) is 2.28. The van der Waals surface area contributed by atoms with Crippen LogP contribution in [0.15, 0.2) is 45.9 Å². The number of benzene rings is 1. The predicted octanol–water partition coefficient (Wildman–Crippen LogP) is 3.38. The largest absolute Gasteiger partial charge is 0.301 e. The number of halogens is 1. The van der Waals surface area contributed by atoms with Crippen LogP contribution in [0.2, 0.25) is 0 Å². The molecule has 0 atom stereocenters. The molecular formula is C15H13ClN2OS. The number of rotatable bonds is 3. The Morgan fingerprint density at radius 2 is 2.20 bits per heavy atom. The van der Waals surface area contributed by atoms with Gasteiger partial charge in [0.15, 0.2) is 5.16 Å². The highest BCUT2D eigenvalue weighted by atomic mass is 35.5. The van der Waals surface area contributed by atoms with Gasteiger partial charge in [-0.3, -0.25) is 4.79 Å². The number of nitrogens with one attached hydrogen (secondary N) is 1. The van der Waals surface area contributed by atoms with Crippen molar-refractivity contribution < 1.29 is 0 Å². The summed E-state index contributed by atoms with van der Waals surface area (Å²) in [6, 6.07) is 9.65. The number of aromatic nitrogens is 2. The first kappa shape index (κ1) is 13.5. The number of H-pyrrole nitrogens is 1. The molecule has 5 heteroatoms. The van der Waals surface area contributed by atoms with Crippen molar-refractivity contribution >= 4 is 28.4 Å². The maximum atomic E-state index is 11.4. The number of thioether (sulfide) groups is 1. The summed E-state index contributed by atoms with van der Waals surface area (Å²) in [7, 11) is 0. The van der Waals surface area contributed by atoms with E-state index in [1.165, 1.54) is 29.0 Å². The average molecular weight is 305 g/mol. The lowest BCUT2D eigenvalue weighted by molar-refractivity contribution is 0.906. The van der Waals surface area contributed by atoms with Crippen LogP contribution >= 0.6 is 23.4 Å². The Morgan fingerprint density at radius 3 is 2.95 bits per heavy atom. The standard InChI is InChI=1S/C15H13ClN2OS/c1-9-6-13(19)18-15(17-9)20-8-11-7-10-4-2-3-5-12(10)14(11)16/h2-6H,7-8H2,1H3,(H,17,18,19). The highest BCUT2D eigenvalue weighted by Gasteiger charge is 2.19. The van der Waals surface area contributed by atoms with Crippen molar-refractivity contribution in [2.24, 2.45) is 0 Å². The summed E-state index contributed by atoms with van der Waals surface area (Å²) in [4.78, 5) is 18.5. The van der Waals surface area contributed by atoms with Crippen molar-refractivity contribution in [1.29, 1.82) is 0 Å². The van der Waals surface area contributed by atoms with E-state index >= 15 is 0 Å². The second kappa shape index (κ2) is 5.46. The molecule has 0 unspecified atom stereocenters. The first-order valence-electron chi connectivity index (χ1n) is 6.30. The maximum Gasteiger partial charge on any atom is 0.251 e. The summed E-state index contributed by atoms with van der Waals surface area (Å²) >= 11 is 7.92. The number of hydrogen-bond donors (Lipinski definition) is 1. The lowest BCUT2D eigenvalue weighted by atomic mass is 10.1. The Hall–Kier alpha value is -1.52. The van der Waals surface area contributed by atoms with Crippen LogP contribution in [0.25, 0.3) is 5.03 Å². The van der Waals surface area contributed by atoms with E-state index in [1.807, 2.05) is 25.1 Å². The average Bonchev–Trinajstić information content (AvgIpc) is 2.73. The summed E-state index contributed by atoms with van der Waals surface area (Å²) in [5, 5.41) is 1.48. The van der Waals surface area contributed by atoms with E-state index in [4.69, 9.17) is 11.6 Å². The molecule has 1 heterocycles. The molecule has 3 rings (SSSR count). The van der Waals surface area contributed by atoms with Gasteiger partial charge >= 0.3 is 0 Å². The van der Waals surface area contributed by atoms with Gasteiger partial charge in [-0.25, -0.2) is 4.98 Å². The highest BCUT2D eigenvalue weighted by molar-refractivity contribution is 7.99. The van der Waals surface area contributed by atoms with E-state index in [0.717, 1.165) is 28.5 Å². The molecule has 20 heavy (non-hydrogen) atoms. The molecule has 1 aromatic heterocycles. The second-order valence-corrected chi connectivity index (χ2v) is 6.07. The van der Waals surface area contributed by atoms with Gasteiger partial charge in [0.25, 0.3) is 5.56 Å². The van der Waals surface area contributed by atoms with Crippen LogP contribution in [0.4, 0.5) is 0 Å². The molecule has 0 spiro atoms. The number of aryl methyl sites for hydroxylation is 1. The molecule has 3 nitrogen and oxygen atoms in total. The Labute approximate surface area is 126 Å². The van der Waals surface area contributed by atoms with Crippen molar-refractivity contribution in [2.75, 3.05) is 5.75 Å². The maximum absolute atomic E-state index is 11.4. The van der Waals surface area contributed by atoms with Gasteiger partial charge in [0.05, 0.1) is 0 Å². The Balaban J connectivity index is 1.77. The third kappa shape index (κ3) is 2.67. The highest BCUT2D eigenvalue weighted by Crippen LogP contribution is 2.37. The normalized spacial score (nSPS) is 13.7. The fraction of sp³-hybridized carbons (Fsp3) is 0.200. The summed E-state index contributed by atoms with van der Waals surface area (Å²) in [5.41, 5.74) is 4.18. The summed E-state index contributed by atoms with van der Waals surface area (Å²) < 4.78 is 0. The van der Waals surface area contributed by atoms with E-state index < -0.39 is 0 Å². The van der Waals surface area contributed by atoms with Crippen molar-refractivity contribution in [3.63, 3.8) is 0 Å². The van der Waals surface area contributed by atoms with Gasteiger partial charge in [-0.15, -0.1) is 0 Å². The number of nitrogens with zero attached hydrogens (tertiary/aromatic N) is 1.